The molecule has 0 bridgehead atoms. The summed E-state index contributed by atoms with van der Waals surface area (Å²) in [7, 11) is 0. The van der Waals surface area contributed by atoms with Crippen molar-refractivity contribution in [2.24, 2.45) is 0 Å². The van der Waals surface area contributed by atoms with Crippen LogP contribution in [0.4, 0.5) is 0 Å². The number of hydrogen-bond acceptors (Lipinski definition) is 3. The average molecular weight is 305 g/mol. The first-order valence-electron chi connectivity index (χ1n) is 7.26. The second-order valence-corrected chi connectivity index (χ2v) is 5.38. The van der Waals surface area contributed by atoms with Crippen LogP contribution in [0.1, 0.15) is 37.6 Å². The Kier molecular flexibility index (Phi) is 6.03. The summed E-state index contributed by atoms with van der Waals surface area (Å²) in [5, 5.41) is 4.13. The van der Waals surface area contributed by atoms with Gasteiger partial charge in [0.2, 0.25) is 0 Å². The fourth-order valence-electron chi connectivity index (χ4n) is 1.98. The van der Waals surface area contributed by atoms with Gasteiger partial charge < -0.3 is 10.1 Å². The quantitative estimate of drug-likeness (QED) is 0.824. The van der Waals surface area contributed by atoms with Crippen LogP contribution in [-0.2, 0) is 6.61 Å². The Balaban J connectivity index is 1.92. The molecule has 3 nitrogen and oxygen atoms in total. The van der Waals surface area contributed by atoms with Gasteiger partial charge in [0.25, 0.3) is 0 Å². The van der Waals surface area contributed by atoms with Gasteiger partial charge in [0.1, 0.15) is 12.4 Å². The molecular weight excluding hydrogens is 284 g/mol. The van der Waals surface area contributed by atoms with Gasteiger partial charge >= 0.3 is 0 Å². The Labute approximate surface area is 131 Å². The van der Waals surface area contributed by atoms with Gasteiger partial charge in [0.05, 0.1) is 11.9 Å². The first kappa shape index (κ1) is 15.8. The van der Waals surface area contributed by atoms with Crippen molar-refractivity contribution >= 4 is 11.6 Å². The second kappa shape index (κ2) is 8.01. The van der Waals surface area contributed by atoms with Crippen LogP contribution in [0.25, 0.3) is 0 Å². The minimum absolute atomic E-state index is 0.252. The maximum absolute atomic E-state index is 6.10. The third-order valence-electron chi connectivity index (χ3n) is 3.26. The molecule has 0 aliphatic carbocycles. The van der Waals surface area contributed by atoms with Crippen molar-refractivity contribution in [2.75, 3.05) is 6.54 Å². The van der Waals surface area contributed by atoms with E-state index in [0.29, 0.717) is 6.61 Å². The number of nitrogens with one attached hydrogen (secondary N) is 1. The molecule has 112 valence electrons. The first-order valence-corrected chi connectivity index (χ1v) is 7.64. The molecular formula is C17H21ClN2O. The number of pyridine rings is 1. The molecule has 1 unspecified atom stereocenters. The van der Waals surface area contributed by atoms with E-state index in [2.05, 4.69) is 24.1 Å². The zero-order valence-electron chi connectivity index (χ0n) is 12.5. The Morgan fingerprint density at radius 1 is 1.24 bits per heavy atom. The predicted molar refractivity (Wildman–Crippen MR) is 86.7 cm³/mol. The third kappa shape index (κ3) is 4.73. The Morgan fingerprint density at radius 3 is 2.71 bits per heavy atom. The van der Waals surface area contributed by atoms with Crippen molar-refractivity contribution in [3.05, 3.63) is 58.9 Å². The number of benzene rings is 1. The first-order chi connectivity index (χ1) is 10.2. The summed E-state index contributed by atoms with van der Waals surface area (Å²) < 4.78 is 5.72. The normalized spacial score (nSPS) is 12.1. The molecule has 1 N–H and O–H groups in total. The van der Waals surface area contributed by atoms with Crippen molar-refractivity contribution in [1.29, 1.82) is 0 Å². The monoisotopic (exact) mass is 304 g/mol. The summed E-state index contributed by atoms with van der Waals surface area (Å²) in [4.78, 5) is 4.45. The molecule has 2 aromatic rings. The minimum Gasteiger partial charge on any atom is -0.487 e. The highest BCUT2D eigenvalue weighted by Crippen LogP contribution is 2.19. The molecule has 0 aliphatic rings. The van der Waals surface area contributed by atoms with Crippen LogP contribution in [0, 0.1) is 0 Å². The number of halogens is 1. The summed E-state index contributed by atoms with van der Waals surface area (Å²) in [6.45, 7) is 5.71. The number of hydrogen-bond donors (Lipinski definition) is 1. The van der Waals surface area contributed by atoms with E-state index in [0.717, 1.165) is 35.0 Å². The summed E-state index contributed by atoms with van der Waals surface area (Å²) in [6, 6.07) is 11.9. The van der Waals surface area contributed by atoms with Gasteiger partial charge in [-0.1, -0.05) is 36.7 Å². The van der Waals surface area contributed by atoms with E-state index >= 15 is 0 Å². The van der Waals surface area contributed by atoms with Gasteiger partial charge in [-0.25, -0.2) is 0 Å². The van der Waals surface area contributed by atoms with E-state index in [9.17, 15) is 0 Å². The molecule has 0 aliphatic heterocycles. The molecule has 1 aromatic carbocycles. The van der Waals surface area contributed by atoms with Gasteiger partial charge in [-0.15, -0.1) is 0 Å². The van der Waals surface area contributed by atoms with Crippen molar-refractivity contribution in [3.63, 3.8) is 0 Å². The largest absolute Gasteiger partial charge is 0.487 e. The molecule has 4 heteroatoms. The van der Waals surface area contributed by atoms with Gasteiger partial charge in [0.15, 0.2) is 0 Å². The minimum atomic E-state index is 0.252. The van der Waals surface area contributed by atoms with Crippen LogP contribution < -0.4 is 10.1 Å². The molecule has 0 spiro atoms. The zero-order valence-corrected chi connectivity index (χ0v) is 13.2. The standard InChI is InChI=1S/C17H21ClN2O/c1-3-10-19-13(2)17-9-8-15(11-20-17)21-12-14-6-4-5-7-16(14)18/h4-9,11,13,19H,3,10,12H2,1-2H3. The number of ether oxygens (including phenoxy) is 1. The van der Waals surface area contributed by atoms with E-state index in [1.54, 1.807) is 6.20 Å². The van der Waals surface area contributed by atoms with E-state index in [4.69, 9.17) is 16.3 Å². The molecule has 2 rings (SSSR count). The van der Waals surface area contributed by atoms with Crippen LogP contribution in [0.3, 0.4) is 0 Å². The van der Waals surface area contributed by atoms with E-state index in [1.807, 2.05) is 36.4 Å². The van der Waals surface area contributed by atoms with Gasteiger partial charge in [-0.2, -0.15) is 0 Å². The van der Waals surface area contributed by atoms with E-state index in [-0.39, 0.29) is 6.04 Å². The highest BCUT2D eigenvalue weighted by Gasteiger charge is 2.06. The molecule has 1 atom stereocenters. The van der Waals surface area contributed by atoms with E-state index in [1.165, 1.54) is 0 Å². The van der Waals surface area contributed by atoms with Gasteiger partial charge in [0, 0.05) is 16.6 Å². The number of nitrogens with zero attached hydrogens (tertiary/aromatic N) is 1. The van der Waals surface area contributed by atoms with Crippen molar-refractivity contribution in [3.8, 4) is 5.75 Å². The molecule has 0 radical (unpaired) electrons. The van der Waals surface area contributed by atoms with Crippen molar-refractivity contribution in [2.45, 2.75) is 32.9 Å². The lowest BCUT2D eigenvalue weighted by Gasteiger charge is -2.13. The molecule has 21 heavy (non-hydrogen) atoms. The van der Waals surface area contributed by atoms with Crippen LogP contribution in [0.5, 0.6) is 5.75 Å². The average Bonchev–Trinajstić information content (AvgIpc) is 2.52. The lowest BCUT2D eigenvalue weighted by atomic mass is 10.2. The van der Waals surface area contributed by atoms with Gasteiger partial charge in [-0.05, 0) is 38.1 Å². The summed E-state index contributed by atoms with van der Waals surface area (Å²) in [5.74, 6) is 0.751. The predicted octanol–water partition coefficient (Wildman–Crippen LogP) is 4.37. The molecule has 1 heterocycles. The van der Waals surface area contributed by atoms with Crippen molar-refractivity contribution in [1.82, 2.24) is 10.3 Å². The van der Waals surface area contributed by atoms with Crippen molar-refractivity contribution < 1.29 is 4.74 Å². The number of aromatic nitrogens is 1. The molecule has 0 amide bonds. The SMILES string of the molecule is CCCNC(C)c1ccc(OCc2ccccc2Cl)cn1. The van der Waals surface area contributed by atoms with Crippen LogP contribution in [0.15, 0.2) is 42.6 Å². The zero-order chi connectivity index (χ0) is 15.1. The summed E-state index contributed by atoms with van der Waals surface area (Å²) in [5.41, 5.74) is 2.00. The Hall–Kier alpha value is -1.58. The maximum Gasteiger partial charge on any atom is 0.138 e. The van der Waals surface area contributed by atoms with Gasteiger partial charge in [-0.3, -0.25) is 4.98 Å². The smallest absolute Gasteiger partial charge is 0.138 e. The highest BCUT2D eigenvalue weighted by atomic mass is 35.5. The maximum atomic E-state index is 6.10. The fraction of sp³-hybridized carbons (Fsp3) is 0.353. The number of rotatable bonds is 7. The Bertz CT molecular complexity index is 557. The van der Waals surface area contributed by atoms with E-state index < -0.39 is 0 Å². The fourth-order valence-corrected chi connectivity index (χ4v) is 2.17. The Morgan fingerprint density at radius 2 is 2.05 bits per heavy atom. The molecule has 0 saturated carbocycles. The molecule has 0 fully saturated rings. The molecule has 0 saturated heterocycles. The van der Waals surface area contributed by atoms with Crippen LogP contribution in [0.2, 0.25) is 5.02 Å². The lowest BCUT2D eigenvalue weighted by Crippen LogP contribution is -2.20. The third-order valence-corrected chi connectivity index (χ3v) is 3.62. The summed E-state index contributed by atoms with van der Waals surface area (Å²) in [6.07, 6.45) is 2.87. The topological polar surface area (TPSA) is 34.1 Å². The lowest BCUT2D eigenvalue weighted by molar-refractivity contribution is 0.304. The second-order valence-electron chi connectivity index (χ2n) is 4.97. The highest BCUT2D eigenvalue weighted by molar-refractivity contribution is 6.31. The summed E-state index contributed by atoms with van der Waals surface area (Å²) >= 11 is 6.10. The van der Waals surface area contributed by atoms with Crippen LogP contribution in [-0.4, -0.2) is 11.5 Å². The molecule has 1 aromatic heterocycles. The van der Waals surface area contributed by atoms with Crippen LogP contribution >= 0.6 is 11.6 Å².